The lowest BCUT2D eigenvalue weighted by atomic mass is 9.95. The van der Waals surface area contributed by atoms with Crippen LogP contribution in [0, 0.1) is 5.92 Å². The van der Waals surface area contributed by atoms with E-state index in [1.807, 2.05) is 11.4 Å². The number of nitrogens with one attached hydrogen (secondary N) is 1. The summed E-state index contributed by atoms with van der Waals surface area (Å²) in [5, 5.41) is 14.5. The summed E-state index contributed by atoms with van der Waals surface area (Å²) >= 11 is 1.39. The summed E-state index contributed by atoms with van der Waals surface area (Å²) in [5.41, 5.74) is -0.782. The van der Waals surface area contributed by atoms with Crippen LogP contribution in [-0.2, 0) is 11.0 Å². The number of aliphatic hydroxyl groups excluding tert-OH is 1. The molecular weight excluding hydrogens is 433 g/mol. The Bertz CT molecular complexity index is 864. The van der Waals surface area contributed by atoms with Crippen molar-refractivity contribution in [3.63, 3.8) is 0 Å². The molecule has 1 atom stereocenters. The lowest BCUT2D eigenvalue weighted by Gasteiger charge is -2.31. The molecule has 1 aromatic carbocycles. The highest BCUT2D eigenvalue weighted by atomic mass is 32.1. The minimum atomic E-state index is -4.42. The molecule has 1 fully saturated rings. The first-order chi connectivity index (χ1) is 14.7. The van der Waals surface area contributed by atoms with Crippen LogP contribution in [0.1, 0.15) is 28.1 Å². The normalized spacial score (nSPS) is 16.1. The second-order valence-corrected chi connectivity index (χ2v) is 8.22. The molecule has 31 heavy (non-hydrogen) atoms. The second kappa shape index (κ2) is 10.1. The van der Waals surface area contributed by atoms with Crippen molar-refractivity contribution in [2.24, 2.45) is 5.92 Å². The molecule has 168 valence electrons. The van der Waals surface area contributed by atoms with Gasteiger partial charge in [-0.05, 0) is 48.6 Å². The monoisotopic (exact) mass is 456 g/mol. The van der Waals surface area contributed by atoms with Gasteiger partial charge in [0, 0.05) is 25.6 Å². The van der Waals surface area contributed by atoms with Crippen LogP contribution in [0.25, 0.3) is 0 Å². The molecule has 10 heteroatoms. The van der Waals surface area contributed by atoms with Crippen LogP contribution in [0.4, 0.5) is 13.2 Å². The average molecular weight is 456 g/mol. The van der Waals surface area contributed by atoms with E-state index in [1.165, 1.54) is 23.5 Å². The molecule has 2 N–H and O–H groups in total. The van der Waals surface area contributed by atoms with Gasteiger partial charge in [0.2, 0.25) is 5.91 Å². The average Bonchev–Trinajstić information content (AvgIpc) is 3.30. The Morgan fingerprint density at radius 3 is 2.45 bits per heavy atom. The van der Waals surface area contributed by atoms with Crippen molar-refractivity contribution >= 4 is 23.2 Å². The molecule has 6 nitrogen and oxygen atoms in total. The summed E-state index contributed by atoms with van der Waals surface area (Å²) in [6.45, 7) is 0.788. The largest absolute Gasteiger partial charge is 0.491 e. The number of aliphatic hydroxyl groups is 1. The van der Waals surface area contributed by atoms with Crippen molar-refractivity contribution in [2.75, 3.05) is 26.2 Å². The molecule has 2 amide bonds. The fourth-order valence-electron chi connectivity index (χ4n) is 3.26. The third-order valence-corrected chi connectivity index (χ3v) is 5.88. The van der Waals surface area contributed by atoms with E-state index in [9.17, 15) is 27.9 Å². The van der Waals surface area contributed by atoms with Crippen LogP contribution in [0.3, 0.4) is 0 Å². The summed E-state index contributed by atoms with van der Waals surface area (Å²) in [5.74, 6) is -0.266. The number of nitrogens with zero attached hydrogens (tertiary/aromatic N) is 1. The van der Waals surface area contributed by atoms with Crippen LogP contribution < -0.4 is 10.1 Å². The van der Waals surface area contributed by atoms with Crippen molar-refractivity contribution in [2.45, 2.75) is 25.1 Å². The van der Waals surface area contributed by atoms with Gasteiger partial charge in [0.25, 0.3) is 5.91 Å². The van der Waals surface area contributed by atoms with E-state index < -0.39 is 17.8 Å². The first-order valence-corrected chi connectivity index (χ1v) is 10.7. The minimum absolute atomic E-state index is 0.0234. The van der Waals surface area contributed by atoms with Crippen LogP contribution in [0.5, 0.6) is 5.75 Å². The number of thiophene rings is 1. The number of carbonyl (C=O) groups is 2. The first-order valence-electron chi connectivity index (χ1n) is 9.82. The quantitative estimate of drug-likeness (QED) is 0.671. The molecule has 2 heterocycles. The summed E-state index contributed by atoms with van der Waals surface area (Å²) in [6.07, 6.45) is -4.34. The van der Waals surface area contributed by atoms with E-state index in [0.29, 0.717) is 30.8 Å². The zero-order chi connectivity index (χ0) is 22.4. The number of piperidine rings is 1. The molecule has 3 rings (SSSR count). The van der Waals surface area contributed by atoms with E-state index in [2.05, 4.69) is 5.32 Å². The van der Waals surface area contributed by atoms with Gasteiger partial charge in [0.05, 0.1) is 10.4 Å². The predicted octanol–water partition coefficient (Wildman–Crippen LogP) is 3.18. The number of ether oxygens (including phenoxy) is 1. The molecule has 0 radical (unpaired) electrons. The third-order valence-electron chi connectivity index (χ3n) is 5.02. The summed E-state index contributed by atoms with van der Waals surface area (Å²) in [6, 6.07) is 7.77. The Labute approximate surface area is 181 Å². The van der Waals surface area contributed by atoms with Gasteiger partial charge >= 0.3 is 6.18 Å². The van der Waals surface area contributed by atoms with E-state index in [0.717, 1.165) is 12.1 Å². The smallest absolute Gasteiger partial charge is 0.416 e. The van der Waals surface area contributed by atoms with Gasteiger partial charge in [0.15, 0.2) is 0 Å². The standard InChI is InChI=1S/C21H23F3N2O4S/c22-21(23,24)15-3-5-17(6-4-15)30-13-16(27)12-25-19(28)14-7-9-26(10-8-14)20(29)18-2-1-11-31-18/h1-6,11,14,16,27H,7-10,12-13H2,(H,25,28). The number of carbonyl (C=O) groups excluding carboxylic acids is 2. The summed E-state index contributed by atoms with van der Waals surface area (Å²) in [7, 11) is 0. The molecule has 1 unspecified atom stereocenters. The van der Waals surface area contributed by atoms with Crippen LogP contribution in [0.15, 0.2) is 41.8 Å². The number of halogens is 3. The maximum absolute atomic E-state index is 12.5. The van der Waals surface area contributed by atoms with Crippen molar-refractivity contribution in [3.05, 3.63) is 52.2 Å². The number of hydrogen-bond donors (Lipinski definition) is 2. The van der Waals surface area contributed by atoms with Crippen molar-refractivity contribution < 1.29 is 32.6 Å². The Kier molecular flexibility index (Phi) is 7.55. The zero-order valence-corrected chi connectivity index (χ0v) is 17.4. The topological polar surface area (TPSA) is 78.9 Å². The Morgan fingerprint density at radius 2 is 1.87 bits per heavy atom. The third kappa shape index (κ3) is 6.44. The molecule has 1 saturated heterocycles. The van der Waals surface area contributed by atoms with Crippen molar-refractivity contribution in [1.29, 1.82) is 0 Å². The van der Waals surface area contributed by atoms with Gasteiger partial charge in [-0.15, -0.1) is 11.3 Å². The lowest BCUT2D eigenvalue weighted by Crippen LogP contribution is -2.44. The number of alkyl halides is 3. The van der Waals surface area contributed by atoms with Gasteiger partial charge < -0.3 is 20.1 Å². The molecule has 1 aliphatic heterocycles. The second-order valence-electron chi connectivity index (χ2n) is 7.28. The van der Waals surface area contributed by atoms with Crippen molar-refractivity contribution in [3.8, 4) is 5.75 Å². The molecule has 0 spiro atoms. The fourth-order valence-corrected chi connectivity index (χ4v) is 3.95. The highest BCUT2D eigenvalue weighted by molar-refractivity contribution is 7.12. The van der Waals surface area contributed by atoms with Gasteiger partial charge in [-0.3, -0.25) is 9.59 Å². The zero-order valence-electron chi connectivity index (χ0n) is 16.6. The van der Waals surface area contributed by atoms with Gasteiger partial charge in [-0.1, -0.05) is 6.07 Å². The van der Waals surface area contributed by atoms with Gasteiger partial charge in [0.1, 0.15) is 18.5 Å². The Morgan fingerprint density at radius 1 is 1.19 bits per heavy atom. The summed E-state index contributed by atoms with van der Waals surface area (Å²) < 4.78 is 42.9. The van der Waals surface area contributed by atoms with E-state index in [1.54, 1.807) is 11.0 Å². The Balaban J connectivity index is 1.36. The van der Waals surface area contributed by atoms with E-state index in [-0.39, 0.29) is 36.6 Å². The molecule has 1 aromatic heterocycles. The maximum Gasteiger partial charge on any atom is 0.416 e. The van der Waals surface area contributed by atoms with Crippen LogP contribution in [-0.4, -0.2) is 54.2 Å². The number of benzene rings is 1. The van der Waals surface area contributed by atoms with Crippen LogP contribution >= 0.6 is 11.3 Å². The number of hydrogen-bond acceptors (Lipinski definition) is 5. The lowest BCUT2D eigenvalue weighted by molar-refractivity contribution is -0.137. The molecule has 0 saturated carbocycles. The molecule has 2 aromatic rings. The van der Waals surface area contributed by atoms with Gasteiger partial charge in [-0.25, -0.2) is 0 Å². The number of amides is 2. The maximum atomic E-state index is 12.5. The minimum Gasteiger partial charge on any atom is -0.491 e. The number of rotatable bonds is 7. The highest BCUT2D eigenvalue weighted by Crippen LogP contribution is 2.30. The molecule has 0 bridgehead atoms. The van der Waals surface area contributed by atoms with Crippen molar-refractivity contribution in [1.82, 2.24) is 10.2 Å². The molecular formula is C21H23F3N2O4S. The van der Waals surface area contributed by atoms with Crippen LogP contribution in [0.2, 0.25) is 0 Å². The van der Waals surface area contributed by atoms with Gasteiger partial charge in [-0.2, -0.15) is 13.2 Å². The first kappa shape index (κ1) is 23.1. The Hall–Kier alpha value is -2.59. The number of likely N-dealkylation sites (tertiary alicyclic amines) is 1. The van der Waals surface area contributed by atoms with E-state index in [4.69, 9.17) is 4.74 Å². The van der Waals surface area contributed by atoms with E-state index >= 15 is 0 Å². The SMILES string of the molecule is O=C(NCC(O)COc1ccc(C(F)(F)F)cc1)C1CCN(C(=O)c2cccs2)CC1. The molecule has 1 aliphatic rings. The fraction of sp³-hybridized carbons (Fsp3) is 0.429. The highest BCUT2D eigenvalue weighted by Gasteiger charge is 2.30. The predicted molar refractivity (Wildman–Crippen MR) is 109 cm³/mol. The summed E-state index contributed by atoms with van der Waals surface area (Å²) in [4.78, 5) is 27.1. The molecule has 0 aliphatic carbocycles.